The first kappa shape index (κ1) is 12.4. The van der Waals surface area contributed by atoms with E-state index in [1.165, 1.54) is 0 Å². The minimum Gasteiger partial charge on any atom is -0.324 e. The van der Waals surface area contributed by atoms with Crippen LogP contribution in [0.1, 0.15) is 31.9 Å². The second-order valence-electron chi connectivity index (χ2n) is 3.69. The Kier molecular flexibility index (Phi) is 4.05. The molecule has 0 heterocycles. The lowest BCUT2D eigenvalue weighted by Crippen LogP contribution is -2.21. The van der Waals surface area contributed by atoms with E-state index in [-0.39, 0.29) is 16.5 Å². The summed E-state index contributed by atoms with van der Waals surface area (Å²) in [6.45, 7) is 3.79. The Labute approximate surface area is 93.2 Å². The first-order valence-corrected chi connectivity index (χ1v) is 5.25. The first-order chi connectivity index (χ1) is 6.97. The Hall–Kier alpha value is -0.670. The fraction of sp³-hybridized carbons (Fsp3) is 0.455. The van der Waals surface area contributed by atoms with Gasteiger partial charge in [0.2, 0.25) is 0 Å². The highest BCUT2D eigenvalue weighted by Gasteiger charge is 2.21. The molecule has 0 amide bonds. The lowest BCUT2D eigenvalue weighted by Gasteiger charge is -2.19. The van der Waals surface area contributed by atoms with E-state index >= 15 is 0 Å². The quantitative estimate of drug-likeness (QED) is 0.847. The molecule has 0 spiro atoms. The van der Waals surface area contributed by atoms with Gasteiger partial charge in [-0.3, -0.25) is 0 Å². The van der Waals surface area contributed by atoms with Gasteiger partial charge in [-0.25, -0.2) is 8.78 Å². The Morgan fingerprint density at radius 2 is 1.80 bits per heavy atom. The molecule has 4 heteroatoms. The minimum atomic E-state index is -0.673. The highest BCUT2D eigenvalue weighted by atomic mass is 35.5. The summed E-state index contributed by atoms with van der Waals surface area (Å²) >= 11 is 5.52. The van der Waals surface area contributed by atoms with Crippen molar-refractivity contribution in [2.75, 3.05) is 0 Å². The molecule has 0 radical (unpaired) electrons. The minimum absolute atomic E-state index is 0.0233. The van der Waals surface area contributed by atoms with Crippen LogP contribution in [0.2, 0.25) is 5.02 Å². The van der Waals surface area contributed by atoms with Crippen LogP contribution in [0.3, 0.4) is 0 Å². The van der Waals surface area contributed by atoms with E-state index in [1.807, 2.05) is 13.8 Å². The molecule has 0 fully saturated rings. The predicted octanol–water partition coefficient (Wildman–Crippen LogP) is 3.66. The number of hydrogen-bond donors (Lipinski definition) is 1. The second-order valence-corrected chi connectivity index (χ2v) is 4.13. The van der Waals surface area contributed by atoms with Crippen LogP contribution >= 0.6 is 11.6 Å². The molecule has 0 saturated heterocycles. The van der Waals surface area contributed by atoms with E-state index in [0.29, 0.717) is 0 Å². The number of rotatable bonds is 3. The first-order valence-electron chi connectivity index (χ1n) is 4.87. The zero-order chi connectivity index (χ0) is 11.6. The van der Waals surface area contributed by atoms with E-state index in [9.17, 15) is 8.78 Å². The molecular weight excluding hydrogens is 220 g/mol. The van der Waals surface area contributed by atoms with Gasteiger partial charge in [0.25, 0.3) is 0 Å². The molecule has 0 aliphatic rings. The maximum atomic E-state index is 13.5. The Balaban J connectivity index is 3.13. The van der Waals surface area contributed by atoms with Crippen LogP contribution in [0.4, 0.5) is 8.78 Å². The molecule has 1 aromatic carbocycles. The number of nitrogens with two attached hydrogens (primary N) is 1. The summed E-state index contributed by atoms with van der Waals surface area (Å²) in [5.74, 6) is -1.32. The standard InChI is InChI=1S/C11H14ClF2N/c1-3-6(2)11(15)10-8(13)4-7(12)5-9(10)14/h4-6,11H,3,15H2,1-2H3/t6?,11-/m1/s1. The van der Waals surface area contributed by atoms with Crippen molar-refractivity contribution in [3.63, 3.8) is 0 Å². The van der Waals surface area contributed by atoms with Gasteiger partial charge in [0, 0.05) is 16.6 Å². The summed E-state index contributed by atoms with van der Waals surface area (Å²) in [6, 6.07) is 1.54. The van der Waals surface area contributed by atoms with Crippen molar-refractivity contribution in [3.05, 3.63) is 34.4 Å². The maximum absolute atomic E-state index is 13.5. The second kappa shape index (κ2) is 4.90. The molecule has 2 N–H and O–H groups in total. The van der Waals surface area contributed by atoms with E-state index < -0.39 is 17.7 Å². The van der Waals surface area contributed by atoms with Gasteiger partial charge < -0.3 is 5.73 Å². The third-order valence-electron chi connectivity index (χ3n) is 2.63. The summed E-state index contributed by atoms with van der Waals surface area (Å²) in [5, 5.41) is 0.0464. The third kappa shape index (κ3) is 2.67. The molecule has 1 aromatic rings. The molecule has 1 rings (SSSR count). The number of hydrogen-bond acceptors (Lipinski definition) is 1. The van der Waals surface area contributed by atoms with Crippen LogP contribution in [0.5, 0.6) is 0 Å². The fourth-order valence-electron chi connectivity index (χ4n) is 1.41. The van der Waals surface area contributed by atoms with Crippen LogP contribution < -0.4 is 5.73 Å². The average Bonchev–Trinajstić information content (AvgIpc) is 2.14. The topological polar surface area (TPSA) is 26.0 Å². The summed E-state index contributed by atoms with van der Waals surface area (Å²) in [6.07, 6.45) is 0.767. The maximum Gasteiger partial charge on any atom is 0.132 e. The highest BCUT2D eigenvalue weighted by molar-refractivity contribution is 6.30. The normalized spacial score (nSPS) is 15.1. The van der Waals surface area contributed by atoms with Gasteiger partial charge in [-0.05, 0) is 18.1 Å². The molecular formula is C11H14ClF2N. The molecule has 0 bridgehead atoms. The Morgan fingerprint density at radius 1 is 1.33 bits per heavy atom. The monoisotopic (exact) mass is 233 g/mol. The molecule has 0 saturated carbocycles. The van der Waals surface area contributed by atoms with Gasteiger partial charge in [0.05, 0.1) is 0 Å². The van der Waals surface area contributed by atoms with Crippen LogP contribution in [0, 0.1) is 17.6 Å². The van der Waals surface area contributed by atoms with Crippen molar-refractivity contribution >= 4 is 11.6 Å². The van der Waals surface area contributed by atoms with Crippen LogP contribution in [-0.4, -0.2) is 0 Å². The van der Waals surface area contributed by atoms with E-state index in [0.717, 1.165) is 18.6 Å². The molecule has 1 nitrogen and oxygen atoms in total. The smallest absolute Gasteiger partial charge is 0.132 e. The highest BCUT2D eigenvalue weighted by Crippen LogP contribution is 2.28. The summed E-state index contributed by atoms with van der Waals surface area (Å²) in [5.41, 5.74) is 5.70. The summed E-state index contributed by atoms with van der Waals surface area (Å²) in [7, 11) is 0. The molecule has 0 aliphatic heterocycles. The molecule has 15 heavy (non-hydrogen) atoms. The van der Waals surface area contributed by atoms with Gasteiger partial charge in [0.1, 0.15) is 11.6 Å². The lowest BCUT2D eigenvalue weighted by atomic mass is 9.92. The Bertz CT molecular complexity index is 331. The molecule has 84 valence electrons. The number of benzene rings is 1. The Morgan fingerprint density at radius 3 is 2.20 bits per heavy atom. The average molecular weight is 234 g/mol. The van der Waals surface area contributed by atoms with E-state index in [4.69, 9.17) is 17.3 Å². The van der Waals surface area contributed by atoms with Crippen molar-refractivity contribution in [1.29, 1.82) is 0 Å². The van der Waals surface area contributed by atoms with Crippen molar-refractivity contribution in [1.82, 2.24) is 0 Å². The van der Waals surface area contributed by atoms with E-state index in [2.05, 4.69) is 0 Å². The summed E-state index contributed by atoms with van der Waals surface area (Å²) < 4.78 is 26.9. The largest absolute Gasteiger partial charge is 0.324 e. The van der Waals surface area contributed by atoms with Gasteiger partial charge in [-0.15, -0.1) is 0 Å². The van der Waals surface area contributed by atoms with Crippen molar-refractivity contribution in [3.8, 4) is 0 Å². The SMILES string of the molecule is CCC(C)[C@@H](N)c1c(F)cc(Cl)cc1F. The molecule has 0 aliphatic carbocycles. The van der Waals surface area contributed by atoms with Gasteiger partial charge in [0.15, 0.2) is 0 Å². The van der Waals surface area contributed by atoms with Gasteiger partial charge >= 0.3 is 0 Å². The van der Waals surface area contributed by atoms with E-state index in [1.54, 1.807) is 0 Å². The van der Waals surface area contributed by atoms with Crippen molar-refractivity contribution in [2.45, 2.75) is 26.3 Å². The molecule has 1 unspecified atom stereocenters. The summed E-state index contributed by atoms with van der Waals surface area (Å²) in [4.78, 5) is 0. The van der Waals surface area contributed by atoms with Gasteiger partial charge in [-0.1, -0.05) is 31.9 Å². The van der Waals surface area contributed by atoms with Crippen molar-refractivity contribution in [2.24, 2.45) is 11.7 Å². The van der Waals surface area contributed by atoms with Crippen LogP contribution in [-0.2, 0) is 0 Å². The predicted molar refractivity (Wildman–Crippen MR) is 57.8 cm³/mol. The fourth-order valence-corrected chi connectivity index (χ4v) is 1.60. The molecule has 2 atom stereocenters. The number of halogens is 3. The van der Waals surface area contributed by atoms with Crippen LogP contribution in [0.15, 0.2) is 12.1 Å². The third-order valence-corrected chi connectivity index (χ3v) is 2.85. The molecule has 0 aromatic heterocycles. The van der Waals surface area contributed by atoms with Gasteiger partial charge in [-0.2, -0.15) is 0 Å². The zero-order valence-electron chi connectivity index (χ0n) is 8.73. The van der Waals surface area contributed by atoms with Crippen LogP contribution in [0.25, 0.3) is 0 Å². The zero-order valence-corrected chi connectivity index (χ0v) is 9.48. The van der Waals surface area contributed by atoms with Crippen molar-refractivity contribution < 1.29 is 8.78 Å². The lowest BCUT2D eigenvalue weighted by molar-refractivity contribution is 0.419.